The second-order valence-electron chi connectivity index (χ2n) is 5.31. The van der Waals surface area contributed by atoms with Crippen LogP contribution in [-0.2, 0) is 4.79 Å². The van der Waals surface area contributed by atoms with Gasteiger partial charge in [0.25, 0.3) is 5.92 Å². The van der Waals surface area contributed by atoms with Crippen LogP contribution < -0.4 is 15.8 Å². The summed E-state index contributed by atoms with van der Waals surface area (Å²) in [6.07, 6.45) is -4.57. The largest absolute Gasteiger partial charge is 0.573 e. The molecule has 128 valence electrons. The number of benzene rings is 1. The zero-order valence-corrected chi connectivity index (χ0v) is 11.9. The highest BCUT2D eigenvalue weighted by molar-refractivity contribution is 5.83. The Balaban J connectivity index is 2.00. The van der Waals surface area contributed by atoms with E-state index in [0.717, 1.165) is 6.07 Å². The van der Waals surface area contributed by atoms with E-state index in [2.05, 4.69) is 10.1 Å². The van der Waals surface area contributed by atoms with Crippen molar-refractivity contribution in [2.24, 2.45) is 11.7 Å². The maximum absolute atomic E-state index is 13.0. The van der Waals surface area contributed by atoms with Gasteiger partial charge >= 0.3 is 6.36 Å². The summed E-state index contributed by atoms with van der Waals surface area (Å²) in [5, 5.41) is 2.07. The summed E-state index contributed by atoms with van der Waals surface area (Å²) in [6, 6.07) is 5.48. The van der Waals surface area contributed by atoms with E-state index in [9.17, 15) is 26.7 Å². The Morgan fingerprint density at radius 3 is 2.52 bits per heavy atom. The molecule has 1 aromatic carbocycles. The van der Waals surface area contributed by atoms with Crippen LogP contribution in [0.4, 0.5) is 22.0 Å². The van der Waals surface area contributed by atoms with Crippen molar-refractivity contribution in [3.63, 3.8) is 0 Å². The third-order valence-corrected chi connectivity index (χ3v) is 3.49. The predicted molar refractivity (Wildman–Crippen MR) is 71.0 cm³/mol. The summed E-state index contributed by atoms with van der Waals surface area (Å²) in [4.78, 5) is 11.8. The number of alkyl halides is 5. The van der Waals surface area contributed by atoms with Gasteiger partial charge in [-0.05, 0) is 24.0 Å². The first-order valence-corrected chi connectivity index (χ1v) is 6.83. The molecular formula is C14H15F5N2O2. The Bertz CT molecular complexity index is 577. The lowest BCUT2D eigenvalue weighted by atomic mass is 10.1. The Morgan fingerprint density at radius 1 is 1.26 bits per heavy atom. The zero-order chi connectivity index (χ0) is 17.3. The van der Waals surface area contributed by atoms with Crippen molar-refractivity contribution in [2.75, 3.05) is 13.1 Å². The molecule has 0 heterocycles. The van der Waals surface area contributed by atoms with Gasteiger partial charge in [0, 0.05) is 5.92 Å². The molecule has 0 aliphatic heterocycles. The average Bonchev–Trinajstić information content (AvgIpc) is 3.24. The highest BCUT2D eigenvalue weighted by Crippen LogP contribution is 2.51. The van der Waals surface area contributed by atoms with Crippen LogP contribution in [-0.4, -0.2) is 31.3 Å². The molecule has 1 amide bonds. The fourth-order valence-electron chi connectivity index (χ4n) is 2.25. The van der Waals surface area contributed by atoms with Crippen molar-refractivity contribution in [1.82, 2.24) is 5.32 Å². The molecule has 1 aliphatic rings. The van der Waals surface area contributed by atoms with Gasteiger partial charge in [0.1, 0.15) is 5.75 Å². The van der Waals surface area contributed by atoms with Gasteiger partial charge in [-0.3, -0.25) is 4.79 Å². The molecule has 2 unspecified atom stereocenters. The first-order valence-electron chi connectivity index (χ1n) is 6.83. The topological polar surface area (TPSA) is 64.3 Å². The standard InChI is InChI=1S/C14H15F5N2O2/c15-13(16,6-20)7-21-12(22)10-5-9(10)8-3-1-2-4-11(8)23-14(17,18)19/h1-4,9-10H,5-7,20H2,(H,21,22). The van der Waals surface area contributed by atoms with Gasteiger partial charge in [-0.1, -0.05) is 18.2 Å². The van der Waals surface area contributed by atoms with Gasteiger partial charge in [-0.25, -0.2) is 8.78 Å². The number of hydrogen-bond donors (Lipinski definition) is 2. The molecule has 1 fully saturated rings. The van der Waals surface area contributed by atoms with Crippen LogP contribution in [0.3, 0.4) is 0 Å². The van der Waals surface area contributed by atoms with E-state index >= 15 is 0 Å². The molecule has 0 spiro atoms. The molecule has 0 saturated heterocycles. The van der Waals surface area contributed by atoms with Crippen LogP contribution in [0.5, 0.6) is 5.75 Å². The van der Waals surface area contributed by atoms with E-state index < -0.39 is 43.1 Å². The normalized spacial score (nSPS) is 21.0. The maximum Gasteiger partial charge on any atom is 0.573 e. The fraction of sp³-hybridized carbons (Fsp3) is 0.500. The highest BCUT2D eigenvalue weighted by atomic mass is 19.4. The molecule has 23 heavy (non-hydrogen) atoms. The van der Waals surface area contributed by atoms with Crippen molar-refractivity contribution < 1.29 is 31.5 Å². The van der Waals surface area contributed by atoms with Gasteiger partial charge in [-0.2, -0.15) is 0 Å². The quantitative estimate of drug-likeness (QED) is 0.783. The minimum atomic E-state index is -4.84. The van der Waals surface area contributed by atoms with E-state index in [4.69, 9.17) is 5.73 Å². The third-order valence-electron chi connectivity index (χ3n) is 3.49. The van der Waals surface area contributed by atoms with Crippen LogP contribution in [0.25, 0.3) is 0 Å². The van der Waals surface area contributed by atoms with Crippen molar-refractivity contribution in [2.45, 2.75) is 24.6 Å². The van der Waals surface area contributed by atoms with Crippen LogP contribution >= 0.6 is 0 Å². The van der Waals surface area contributed by atoms with Gasteiger partial charge in [0.15, 0.2) is 0 Å². The number of carbonyl (C=O) groups is 1. The molecule has 2 rings (SSSR count). The Labute approximate surface area is 128 Å². The Kier molecular flexibility index (Phi) is 4.79. The van der Waals surface area contributed by atoms with Crippen LogP contribution in [0.1, 0.15) is 17.9 Å². The average molecular weight is 338 g/mol. The second kappa shape index (κ2) is 6.31. The first kappa shape index (κ1) is 17.5. The highest BCUT2D eigenvalue weighted by Gasteiger charge is 2.46. The summed E-state index contributed by atoms with van der Waals surface area (Å²) in [5.41, 5.74) is 5.09. The molecular weight excluding hydrogens is 323 g/mol. The molecule has 3 N–H and O–H groups in total. The summed E-state index contributed by atoms with van der Waals surface area (Å²) >= 11 is 0. The minimum absolute atomic E-state index is 0.232. The van der Waals surface area contributed by atoms with Crippen molar-refractivity contribution in [3.05, 3.63) is 29.8 Å². The number of nitrogens with one attached hydrogen (secondary N) is 1. The smallest absolute Gasteiger partial charge is 0.405 e. The van der Waals surface area contributed by atoms with Crippen molar-refractivity contribution >= 4 is 5.91 Å². The zero-order valence-electron chi connectivity index (χ0n) is 11.9. The lowest BCUT2D eigenvalue weighted by molar-refractivity contribution is -0.274. The second-order valence-corrected chi connectivity index (χ2v) is 5.31. The molecule has 2 atom stereocenters. The van der Waals surface area contributed by atoms with Crippen LogP contribution in [0.2, 0.25) is 0 Å². The number of halogens is 5. The molecule has 4 nitrogen and oxygen atoms in total. The number of amides is 1. The molecule has 9 heteroatoms. The van der Waals surface area contributed by atoms with Crippen LogP contribution in [0, 0.1) is 5.92 Å². The number of nitrogens with two attached hydrogens (primary N) is 1. The molecule has 0 aromatic heterocycles. The van der Waals surface area contributed by atoms with Gasteiger partial charge in [0.05, 0.1) is 13.1 Å². The third kappa shape index (κ3) is 4.78. The predicted octanol–water partition coefficient (Wildman–Crippen LogP) is 2.40. The van der Waals surface area contributed by atoms with E-state index in [1.165, 1.54) is 18.2 Å². The first-order chi connectivity index (χ1) is 10.6. The fourth-order valence-corrected chi connectivity index (χ4v) is 2.25. The van der Waals surface area contributed by atoms with Crippen LogP contribution in [0.15, 0.2) is 24.3 Å². The lowest BCUT2D eigenvalue weighted by Gasteiger charge is -2.15. The summed E-state index contributed by atoms with van der Waals surface area (Å²) in [6.45, 7) is -1.80. The maximum atomic E-state index is 13.0. The number of rotatable bonds is 6. The lowest BCUT2D eigenvalue weighted by Crippen LogP contribution is -2.42. The number of ether oxygens (including phenoxy) is 1. The summed E-state index contributed by atoms with van der Waals surface area (Å²) in [7, 11) is 0. The SMILES string of the molecule is NCC(F)(F)CNC(=O)C1CC1c1ccccc1OC(F)(F)F. The minimum Gasteiger partial charge on any atom is -0.405 e. The van der Waals surface area contributed by atoms with Gasteiger partial charge in [0.2, 0.25) is 5.91 Å². The summed E-state index contributed by atoms with van der Waals surface area (Å²) in [5.74, 6) is -5.36. The number of carbonyl (C=O) groups excluding carboxylic acids is 1. The van der Waals surface area contributed by atoms with Crippen molar-refractivity contribution in [3.8, 4) is 5.75 Å². The molecule has 0 bridgehead atoms. The van der Waals surface area contributed by atoms with Gasteiger partial charge < -0.3 is 15.8 Å². The monoisotopic (exact) mass is 338 g/mol. The van der Waals surface area contributed by atoms with E-state index in [1.807, 2.05) is 0 Å². The Morgan fingerprint density at radius 2 is 1.91 bits per heavy atom. The molecule has 1 saturated carbocycles. The molecule has 0 radical (unpaired) electrons. The Hall–Kier alpha value is -1.90. The van der Waals surface area contributed by atoms with E-state index in [0.29, 0.717) is 0 Å². The molecule has 1 aliphatic carbocycles. The number of para-hydroxylation sites is 1. The van der Waals surface area contributed by atoms with Crippen molar-refractivity contribution in [1.29, 1.82) is 0 Å². The van der Waals surface area contributed by atoms with E-state index in [-0.39, 0.29) is 17.7 Å². The number of hydrogen-bond acceptors (Lipinski definition) is 3. The van der Waals surface area contributed by atoms with Gasteiger partial charge in [-0.15, -0.1) is 13.2 Å². The molecule has 1 aromatic rings. The summed E-state index contributed by atoms with van der Waals surface area (Å²) < 4.78 is 67.0. The van der Waals surface area contributed by atoms with E-state index in [1.54, 1.807) is 0 Å².